The van der Waals surface area contributed by atoms with Gasteiger partial charge in [-0.15, -0.1) is 11.3 Å². The van der Waals surface area contributed by atoms with Gasteiger partial charge in [0.05, 0.1) is 4.34 Å². The van der Waals surface area contributed by atoms with Crippen LogP contribution in [0.5, 0.6) is 0 Å². The lowest BCUT2D eigenvalue weighted by atomic mass is 10.1. The third-order valence-electron chi connectivity index (χ3n) is 4.84. The van der Waals surface area contributed by atoms with Gasteiger partial charge in [-0.05, 0) is 73.4 Å². The molecule has 3 rings (SSSR count). The monoisotopic (exact) mass is 434 g/mol. The van der Waals surface area contributed by atoms with Gasteiger partial charge in [-0.3, -0.25) is 4.79 Å². The number of thiophene rings is 1. The van der Waals surface area contributed by atoms with Crippen molar-refractivity contribution in [2.24, 2.45) is 5.73 Å². The number of nitrogens with zero attached hydrogens (tertiary/aromatic N) is 1. The Kier molecular flexibility index (Phi) is 6.67. The van der Waals surface area contributed by atoms with Crippen LogP contribution in [0.1, 0.15) is 27.6 Å². The third-order valence-corrected chi connectivity index (χ3v) is 6.16. The topological polar surface area (TPSA) is 46.3 Å². The highest BCUT2D eigenvalue weighted by Crippen LogP contribution is 2.29. The molecule has 0 fully saturated rings. The van der Waals surface area contributed by atoms with Crippen LogP contribution in [0.3, 0.4) is 0 Å². The lowest BCUT2D eigenvalue weighted by Crippen LogP contribution is -2.39. The molecular weight excluding hydrogens is 414 g/mol. The van der Waals surface area contributed by atoms with Crippen LogP contribution in [0.2, 0.25) is 4.34 Å². The largest absolute Gasteiger partial charge is 0.316 e. The van der Waals surface area contributed by atoms with E-state index >= 15 is 0 Å². The number of hydrogen-bond acceptors (Lipinski definition) is 3. The Morgan fingerprint density at radius 1 is 1.07 bits per heavy atom. The van der Waals surface area contributed by atoms with E-state index in [0.717, 1.165) is 23.3 Å². The van der Waals surface area contributed by atoms with Crippen molar-refractivity contribution in [3.05, 3.63) is 86.1 Å². The molecule has 1 unspecified atom stereocenters. The average molecular weight is 435 g/mol. The predicted molar refractivity (Wildman–Crippen MR) is 115 cm³/mol. The summed E-state index contributed by atoms with van der Waals surface area (Å²) in [7, 11) is 0. The number of nitrogens with two attached hydrogens (primary N) is 1. The van der Waals surface area contributed by atoms with Crippen LogP contribution in [0, 0.1) is 25.5 Å². The minimum Gasteiger partial charge on any atom is -0.316 e. The zero-order valence-electron chi connectivity index (χ0n) is 16.1. The lowest BCUT2D eigenvalue weighted by Gasteiger charge is -2.26. The fourth-order valence-electron chi connectivity index (χ4n) is 2.98. The molecule has 0 saturated heterocycles. The summed E-state index contributed by atoms with van der Waals surface area (Å²) in [4.78, 5) is 15.5. The highest BCUT2D eigenvalue weighted by atomic mass is 35.5. The zero-order chi connectivity index (χ0) is 21.1. The third kappa shape index (κ3) is 5.01. The molecule has 29 heavy (non-hydrogen) atoms. The highest BCUT2D eigenvalue weighted by Gasteiger charge is 2.25. The molecule has 3 nitrogen and oxygen atoms in total. The van der Waals surface area contributed by atoms with Gasteiger partial charge in [0, 0.05) is 17.1 Å². The van der Waals surface area contributed by atoms with E-state index in [1.807, 2.05) is 32.0 Å². The van der Waals surface area contributed by atoms with E-state index in [-0.39, 0.29) is 12.5 Å². The second-order valence-corrected chi connectivity index (χ2v) is 8.62. The first-order valence-electron chi connectivity index (χ1n) is 9.09. The number of anilines is 1. The maximum atomic E-state index is 13.5. The van der Waals surface area contributed by atoms with E-state index in [1.165, 1.54) is 17.4 Å². The Morgan fingerprint density at radius 3 is 2.45 bits per heavy atom. The van der Waals surface area contributed by atoms with Gasteiger partial charge < -0.3 is 10.6 Å². The molecule has 3 aromatic rings. The number of hydrogen-bond donors (Lipinski definition) is 1. The van der Waals surface area contributed by atoms with Crippen molar-refractivity contribution < 1.29 is 13.6 Å². The standard InChI is InChI=1S/C22H21ClF2N2OS/c1-13-3-5-16(11-14(13)2)27(10-9-15-4-6-17(24)18(25)12-15)22(28)21(26)19-7-8-20(23)29-19/h3-8,11-12,21H,9-10,26H2,1-2H3. The summed E-state index contributed by atoms with van der Waals surface area (Å²) >= 11 is 7.25. The lowest BCUT2D eigenvalue weighted by molar-refractivity contribution is -0.119. The second-order valence-electron chi connectivity index (χ2n) is 6.88. The predicted octanol–water partition coefficient (Wildman–Crippen LogP) is 5.57. The zero-order valence-corrected chi connectivity index (χ0v) is 17.7. The molecule has 1 amide bonds. The quantitative estimate of drug-likeness (QED) is 0.551. The van der Waals surface area contributed by atoms with Gasteiger partial charge in [0.1, 0.15) is 6.04 Å². The number of carbonyl (C=O) groups is 1. The van der Waals surface area contributed by atoms with Gasteiger partial charge in [0.2, 0.25) is 5.91 Å². The first-order chi connectivity index (χ1) is 13.8. The second kappa shape index (κ2) is 9.03. The maximum Gasteiger partial charge on any atom is 0.249 e. The van der Waals surface area contributed by atoms with Gasteiger partial charge >= 0.3 is 0 Å². The molecular formula is C22H21ClF2N2OS. The Bertz CT molecular complexity index is 1040. The molecule has 2 aromatic carbocycles. The van der Waals surface area contributed by atoms with E-state index in [1.54, 1.807) is 17.0 Å². The van der Waals surface area contributed by atoms with Crippen molar-refractivity contribution in [1.29, 1.82) is 0 Å². The number of aryl methyl sites for hydroxylation is 2. The molecule has 0 spiro atoms. The minimum atomic E-state index is -0.906. The van der Waals surface area contributed by atoms with E-state index in [0.29, 0.717) is 26.9 Å². The molecule has 152 valence electrons. The van der Waals surface area contributed by atoms with Crippen molar-refractivity contribution in [3.8, 4) is 0 Å². The van der Waals surface area contributed by atoms with Gasteiger partial charge in [-0.1, -0.05) is 23.7 Å². The smallest absolute Gasteiger partial charge is 0.249 e. The number of benzene rings is 2. The molecule has 1 aromatic heterocycles. The van der Waals surface area contributed by atoms with Crippen LogP contribution < -0.4 is 10.6 Å². The Morgan fingerprint density at radius 2 is 1.83 bits per heavy atom. The maximum absolute atomic E-state index is 13.5. The molecule has 0 aliphatic carbocycles. The van der Waals surface area contributed by atoms with Gasteiger partial charge in [0.25, 0.3) is 0 Å². The molecule has 0 saturated carbocycles. The summed E-state index contributed by atoms with van der Waals surface area (Å²) in [5, 5.41) is 0. The summed E-state index contributed by atoms with van der Waals surface area (Å²) in [5.41, 5.74) is 9.67. The molecule has 1 heterocycles. The molecule has 1 atom stereocenters. The van der Waals surface area contributed by atoms with E-state index in [9.17, 15) is 13.6 Å². The summed E-state index contributed by atoms with van der Waals surface area (Å²) in [6.07, 6.45) is 0.355. The van der Waals surface area contributed by atoms with Gasteiger partial charge in [0.15, 0.2) is 11.6 Å². The van der Waals surface area contributed by atoms with Crippen LogP contribution in [0.4, 0.5) is 14.5 Å². The molecule has 0 aliphatic heterocycles. The SMILES string of the molecule is Cc1ccc(N(CCc2ccc(F)c(F)c2)C(=O)C(N)c2ccc(Cl)s2)cc1C. The van der Waals surface area contributed by atoms with Crippen LogP contribution >= 0.6 is 22.9 Å². The highest BCUT2D eigenvalue weighted by molar-refractivity contribution is 7.16. The Hall–Kier alpha value is -2.28. The number of rotatable bonds is 6. The minimum absolute atomic E-state index is 0.277. The normalized spacial score (nSPS) is 12.1. The first kappa shape index (κ1) is 21.4. The molecule has 0 bridgehead atoms. The molecule has 0 radical (unpaired) electrons. The van der Waals surface area contributed by atoms with Gasteiger partial charge in [-0.25, -0.2) is 8.78 Å². The number of amides is 1. The molecule has 2 N–H and O–H groups in total. The molecule has 7 heteroatoms. The summed E-state index contributed by atoms with van der Waals surface area (Å²) in [6.45, 7) is 4.24. The van der Waals surface area contributed by atoms with Crippen molar-refractivity contribution in [1.82, 2.24) is 0 Å². The summed E-state index contributed by atoms with van der Waals surface area (Å²) < 4.78 is 27.3. The van der Waals surface area contributed by atoms with Crippen LogP contribution in [0.25, 0.3) is 0 Å². The van der Waals surface area contributed by atoms with Gasteiger partial charge in [-0.2, -0.15) is 0 Å². The fourth-order valence-corrected chi connectivity index (χ4v) is 4.04. The van der Waals surface area contributed by atoms with Crippen molar-refractivity contribution in [2.75, 3.05) is 11.4 Å². The average Bonchev–Trinajstić information content (AvgIpc) is 3.13. The fraction of sp³-hybridized carbons (Fsp3) is 0.227. The van der Waals surface area contributed by atoms with E-state index in [2.05, 4.69) is 0 Å². The van der Waals surface area contributed by atoms with E-state index < -0.39 is 17.7 Å². The van der Waals surface area contributed by atoms with E-state index in [4.69, 9.17) is 17.3 Å². The van der Waals surface area contributed by atoms with Crippen molar-refractivity contribution in [2.45, 2.75) is 26.3 Å². The first-order valence-corrected chi connectivity index (χ1v) is 10.3. The van der Waals surface area contributed by atoms with Crippen LogP contribution in [-0.4, -0.2) is 12.5 Å². The van der Waals surface area contributed by atoms with Crippen molar-refractivity contribution >= 4 is 34.5 Å². The Labute approximate surface area is 177 Å². The Balaban J connectivity index is 1.88. The van der Waals surface area contributed by atoms with Crippen LogP contribution in [0.15, 0.2) is 48.5 Å². The number of carbonyl (C=O) groups excluding carboxylic acids is 1. The van der Waals surface area contributed by atoms with Crippen LogP contribution in [-0.2, 0) is 11.2 Å². The summed E-state index contributed by atoms with van der Waals surface area (Å²) in [5.74, 6) is -2.08. The molecule has 0 aliphatic rings. The number of halogens is 3. The van der Waals surface area contributed by atoms with Crippen molar-refractivity contribution in [3.63, 3.8) is 0 Å². The summed E-state index contributed by atoms with van der Waals surface area (Å²) in [6, 6.07) is 12.1.